The van der Waals surface area contributed by atoms with Gasteiger partial charge in [-0.05, 0) is 36.4 Å². The van der Waals surface area contributed by atoms with E-state index in [9.17, 15) is 13.2 Å². The number of carbonyl (C=O) groups excluding carboxylic acids is 1. The third kappa shape index (κ3) is 3.94. The molecule has 1 aliphatic rings. The summed E-state index contributed by atoms with van der Waals surface area (Å²) in [6.07, 6.45) is 4.43. The summed E-state index contributed by atoms with van der Waals surface area (Å²) in [5.74, 6) is 0.499. The minimum absolute atomic E-state index is 0.0399. The summed E-state index contributed by atoms with van der Waals surface area (Å²) >= 11 is 1.67. The summed E-state index contributed by atoms with van der Waals surface area (Å²) in [6, 6.07) is 7.53. The number of nitrogens with zero attached hydrogens (tertiary/aromatic N) is 4. The molecule has 148 valence electrons. The van der Waals surface area contributed by atoms with Crippen LogP contribution in [0.2, 0.25) is 0 Å². The Bertz CT molecular complexity index is 1090. The van der Waals surface area contributed by atoms with Crippen LogP contribution in [0.1, 0.15) is 33.4 Å². The van der Waals surface area contributed by atoms with E-state index >= 15 is 0 Å². The number of rotatable bonds is 6. The van der Waals surface area contributed by atoms with E-state index in [0.717, 1.165) is 6.42 Å². The molecule has 0 saturated carbocycles. The molecule has 4 heterocycles. The van der Waals surface area contributed by atoms with Crippen molar-refractivity contribution in [3.8, 4) is 0 Å². The minimum Gasteiger partial charge on any atom is -0.352 e. The lowest BCUT2D eigenvalue weighted by molar-refractivity contribution is 0.0953. The number of amides is 1. The molecule has 0 aromatic carbocycles. The smallest absolute Gasteiger partial charge is 0.252 e. The Morgan fingerprint density at radius 2 is 2.18 bits per heavy atom. The summed E-state index contributed by atoms with van der Waals surface area (Å²) in [5.41, 5.74) is 1.17. The van der Waals surface area contributed by atoms with Crippen molar-refractivity contribution in [2.24, 2.45) is 0 Å². The van der Waals surface area contributed by atoms with E-state index in [1.807, 2.05) is 17.5 Å². The Morgan fingerprint density at radius 1 is 1.32 bits per heavy atom. The molecule has 4 rings (SSSR count). The highest BCUT2D eigenvalue weighted by Crippen LogP contribution is 2.27. The lowest BCUT2D eigenvalue weighted by Gasteiger charge is -2.12. The summed E-state index contributed by atoms with van der Waals surface area (Å²) in [7, 11) is -3.22. The van der Waals surface area contributed by atoms with Gasteiger partial charge in [0.25, 0.3) is 5.91 Å². The van der Waals surface area contributed by atoms with Crippen molar-refractivity contribution in [1.82, 2.24) is 24.2 Å². The van der Waals surface area contributed by atoms with E-state index in [0.29, 0.717) is 43.1 Å². The first kappa shape index (κ1) is 19.0. The molecule has 1 saturated heterocycles. The average molecular weight is 420 g/mol. The summed E-state index contributed by atoms with van der Waals surface area (Å²) in [4.78, 5) is 13.7. The van der Waals surface area contributed by atoms with Crippen LogP contribution in [0, 0.1) is 0 Å². The van der Waals surface area contributed by atoms with Gasteiger partial charge in [-0.1, -0.05) is 6.07 Å². The van der Waals surface area contributed by atoms with Gasteiger partial charge < -0.3 is 5.32 Å². The summed E-state index contributed by atoms with van der Waals surface area (Å²) in [6.45, 7) is 1.43. The molecule has 1 atom stereocenters. The molecular weight excluding hydrogens is 398 g/mol. The fraction of sp³-hybridized carbons (Fsp3) is 0.389. The number of pyridine rings is 1. The topological polar surface area (TPSA) is 96.7 Å². The van der Waals surface area contributed by atoms with Gasteiger partial charge in [0.15, 0.2) is 5.65 Å². The molecule has 3 aromatic heterocycles. The molecular formula is C18H21N5O3S2. The molecule has 0 radical (unpaired) electrons. The Morgan fingerprint density at radius 3 is 2.89 bits per heavy atom. The second kappa shape index (κ2) is 7.61. The maximum Gasteiger partial charge on any atom is 0.252 e. The van der Waals surface area contributed by atoms with E-state index in [2.05, 4.69) is 15.5 Å². The molecule has 0 aliphatic carbocycles. The molecule has 1 fully saturated rings. The standard InChI is InChI=1S/C18H21N5O3S2/c1-28(25,26)22-9-7-13(11-22)17-21-20-16-5-4-14(12-23(16)17)18(24)19-8-6-15-3-2-10-27-15/h2-5,10,12-13H,6-9,11H2,1H3,(H,19,24). The van der Waals surface area contributed by atoms with Crippen LogP contribution in [0.15, 0.2) is 35.8 Å². The molecule has 28 heavy (non-hydrogen) atoms. The van der Waals surface area contributed by atoms with E-state index in [1.54, 1.807) is 34.1 Å². The lowest BCUT2D eigenvalue weighted by atomic mass is 10.1. The van der Waals surface area contributed by atoms with Gasteiger partial charge in [-0.3, -0.25) is 9.20 Å². The van der Waals surface area contributed by atoms with Crippen LogP contribution < -0.4 is 5.32 Å². The first-order valence-electron chi connectivity index (χ1n) is 9.02. The summed E-state index contributed by atoms with van der Waals surface area (Å²) < 4.78 is 26.8. The first-order chi connectivity index (χ1) is 13.4. The average Bonchev–Trinajstić information content (AvgIpc) is 3.40. The quantitative estimate of drug-likeness (QED) is 0.653. The number of sulfonamides is 1. The number of aromatic nitrogens is 3. The zero-order valence-electron chi connectivity index (χ0n) is 15.4. The van der Waals surface area contributed by atoms with Crippen LogP contribution in [-0.2, 0) is 16.4 Å². The number of nitrogens with one attached hydrogen (secondary N) is 1. The Labute approximate surface area is 167 Å². The molecule has 3 aromatic rings. The first-order valence-corrected chi connectivity index (χ1v) is 11.7. The zero-order chi connectivity index (χ0) is 19.7. The van der Waals surface area contributed by atoms with Crippen molar-refractivity contribution in [3.05, 3.63) is 52.1 Å². The van der Waals surface area contributed by atoms with Crippen molar-refractivity contribution in [3.63, 3.8) is 0 Å². The molecule has 1 N–H and O–H groups in total. The van der Waals surface area contributed by atoms with Gasteiger partial charge in [0.2, 0.25) is 10.0 Å². The van der Waals surface area contributed by atoms with Crippen LogP contribution in [0.3, 0.4) is 0 Å². The highest BCUT2D eigenvalue weighted by Gasteiger charge is 2.32. The SMILES string of the molecule is CS(=O)(=O)N1CCC(c2nnc3ccc(C(=O)NCCc4cccs4)cn23)C1. The van der Waals surface area contributed by atoms with Crippen LogP contribution in [-0.4, -0.2) is 59.1 Å². The molecule has 0 bridgehead atoms. The maximum absolute atomic E-state index is 12.5. The molecule has 1 unspecified atom stereocenters. The number of thiophene rings is 1. The Hall–Kier alpha value is -2.30. The molecule has 8 nitrogen and oxygen atoms in total. The fourth-order valence-corrected chi connectivity index (χ4v) is 5.01. The third-order valence-electron chi connectivity index (χ3n) is 4.91. The van der Waals surface area contributed by atoms with E-state index in [4.69, 9.17) is 0 Å². The van der Waals surface area contributed by atoms with E-state index < -0.39 is 10.0 Å². The Kier molecular flexibility index (Phi) is 5.17. The van der Waals surface area contributed by atoms with Gasteiger partial charge in [-0.15, -0.1) is 21.5 Å². The number of fused-ring (bicyclic) bond motifs is 1. The third-order valence-corrected chi connectivity index (χ3v) is 7.12. The van der Waals surface area contributed by atoms with Crippen LogP contribution >= 0.6 is 11.3 Å². The normalized spacial score (nSPS) is 18.0. The highest BCUT2D eigenvalue weighted by molar-refractivity contribution is 7.88. The number of hydrogen-bond acceptors (Lipinski definition) is 6. The monoisotopic (exact) mass is 419 g/mol. The van der Waals surface area contributed by atoms with E-state index in [1.165, 1.54) is 15.4 Å². The largest absolute Gasteiger partial charge is 0.352 e. The van der Waals surface area contributed by atoms with Gasteiger partial charge >= 0.3 is 0 Å². The van der Waals surface area contributed by atoms with Crippen molar-refractivity contribution in [2.45, 2.75) is 18.8 Å². The second-order valence-corrected chi connectivity index (χ2v) is 9.91. The summed E-state index contributed by atoms with van der Waals surface area (Å²) in [5, 5.41) is 13.4. The maximum atomic E-state index is 12.5. The highest BCUT2D eigenvalue weighted by atomic mass is 32.2. The van der Waals surface area contributed by atoms with Crippen molar-refractivity contribution in [1.29, 1.82) is 0 Å². The lowest BCUT2D eigenvalue weighted by Crippen LogP contribution is -2.27. The minimum atomic E-state index is -3.22. The van der Waals surface area contributed by atoms with E-state index in [-0.39, 0.29) is 11.8 Å². The van der Waals surface area contributed by atoms with Gasteiger partial charge in [0.05, 0.1) is 11.8 Å². The van der Waals surface area contributed by atoms with Gasteiger partial charge in [-0.25, -0.2) is 12.7 Å². The van der Waals surface area contributed by atoms with Gasteiger partial charge in [0.1, 0.15) is 5.82 Å². The predicted octanol–water partition coefficient (Wildman–Crippen LogP) is 1.51. The fourth-order valence-electron chi connectivity index (χ4n) is 3.42. The van der Waals surface area contributed by atoms with Crippen LogP contribution in [0.4, 0.5) is 0 Å². The van der Waals surface area contributed by atoms with Crippen LogP contribution in [0.25, 0.3) is 5.65 Å². The van der Waals surface area contributed by atoms with Crippen molar-refractivity contribution < 1.29 is 13.2 Å². The zero-order valence-corrected chi connectivity index (χ0v) is 17.0. The second-order valence-electron chi connectivity index (χ2n) is 6.90. The van der Waals surface area contributed by atoms with Crippen LogP contribution in [0.5, 0.6) is 0 Å². The number of carbonyl (C=O) groups is 1. The van der Waals surface area contributed by atoms with Crippen molar-refractivity contribution in [2.75, 3.05) is 25.9 Å². The number of hydrogen-bond donors (Lipinski definition) is 1. The molecule has 0 spiro atoms. The van der Waals surface area contributed by atoms with Gasteiger partial charge in [-0.2, -0.15) is 0 Å². The molecule has 1 aliphatic heterocycles. The van der Waals surface area contributed by atoms with Crippen molar-refractivity contribution >= 4 is 32.9 Å². The van der Waals surface area contributed by atoms with Gasteiger partial charge in [0, 0.05) is 36.6 Å². The molecule has 1 amide bonds. The Balaban J connectivity index is 1.49. The predicted molar refractivity (Wildman–Crippen MR) is 107 cm³/mol. The molecule has 10 heteroatoms.